The number of amides is 1. The van der Waals surface area contributed by atoms with Crippen molar-refractivity contribution in [2.45, 2.75) is 20.0 Å². The highest BCUT2D eigenvalue weighted by Crippen LogP contribution is 2.33. The molecular weight excluding hydrogens is 365 g/mol. The molecule has 0 radical (unpaired) electrons. The fourth-order valence-electron chi connectivity index (χ4n) is 2.46. The van der Waals surface area contributed by atoms with Gasteiger partial charge >= 0.3 is 6.18 Å². The van der Waals surface area contributed by atoms with E-state index in [1.807, 2.05) is 18.7 Å². The Morgan fingerprint density at radius 3 is 2.48 bits per heavy atom. The number of carbonyl (C=O) groups is 1. The van der Waals surface area contributed by atoms with E-state index in [4.69, 9.17) is 4.74 Å². The summed E-state index contributed by atoms with van der Waals surface area (Å²) in [7, 11) is 1.36. The number of hydrogen-bond acceptors (Lipinski definition) is 6. The molecular formula is C16H21F3N6O2. The lowest BCUT2D eigenvalue weighted by atomic mass is 10.2. The summed E-state index contributed by atoms with van der Waals surface area (Å²) >= 11 is 0. The van der Waals surface area contributed by atoms with Crippen LogP contribution in [0.25, 0.3) is 5.82 Å². The summed E-state index contributed by atoms with van der Waals surface area (Å²) in [6, 6.07) is 2.63. The summed E-state index contributed by atoms with van der Waals surface area (Å²) < 4.78 is 46.1. The molecule has 2 aromatic rings. The van der Waals surface area contributed by atoms with Crippen LogP contribution in [0.3, 0.4) is 0 Å². The number of rotatable bonds is 8. The van der Waals surface area contributed by atoms with Crippen LogP contribution in [0, 0.1) is 0 Å². The lowest BCUT2D eigenvalue weighted by molar-refractivity contribution is -0.143. The Morgan fingerprint density at radius 1 is 1.26 bits per heavy atom. The molecule has 0 fully saturated rings. The maximum absolute atomic E-state index is 13.6. The topological polar surface area (TPSA) is 85.2 Å². The first-order valence-electron chi connectivity index (χ1n) is 8.35. The number of nitrogens with one attached hydrogen (secondary N) is 1. The predicted molar refractivity (Wildman–Crippen MR) is 90.8 cm³/mol. The van der Waals surface area contributed by atoms with Gasteiger partial charge in [0, 0.05) is 19.2 Å². The molecule has 11 heteroatoms. The second-order valence-electron chi connectivity index (χ2n) is 5.53. The molecule has 0 saturated heterocycles. The summed E-state index contributed by atoms with van der Waals surface area (Å²) in [5.41, 5.74) is -1.78. The zero-order chi connectivity index (χ0) is 20.0. The van der Waals surface area contributed by atoms with E-state index in [9.17, 15) is 18.0 Å². The molecule has 0 atom stereocenters. The van der Waals surface area contributed by atoms with Gasteiger partial charge in [0.1, 0.15) is 0 Å². The fraction of sp³-hybridized carbons (Fsp3) is 0.500. The Labute approximate surface area is 154 Å². The van der Waals surface area contributed by atoms with E-state index in [2.05, 4.69) is 20.6 Å². The Balaban J connectivity index is 2.26. The number of methoxy groups -OCH3 is 1. The number of alkyl halides is 3. The van der Waals surface area contributed by atoms with Crippen LogP contribution in [-0.4, -0.2) is 64.1 Å². The number of ether oxygens (including phenoxy) is 1. The van der Waals surface area contributed by atoms with Gasteiger partial charge in [0.2, 0.25) is 5.88 Å². The highest BCUT2D eigenvalue weighted by Gasteiger charge is 2.40. The van der Waals surface area contributed by atoms with Crippen molar-refractivity contribution in [1.29, 1.82) is 0 Å². The number of aromatic nitrogens is 4. The first-order chi connectivity index (χ1) is 12.8. The molecule has 0 aliphatic carbocycles. The van der Waals surface area contributed by atoms with Gasteiger partial charge in [-0.2, -0.15) is 18.3 Å². The van der Waals surface area contributed by atoms with Crippen LogP contribution in [0.1, 0.15) is 29.9 Å². The SMILES string of the molecule is CCN(CC)CCNC(=O)c1cnn(-c2ccc(OC)nn2)c1C(F)(F)F. The van der Waals surface area contributed by atoms with Gasteiger partial charge in [-0.25, -0.2) is 4.68 Å². The fourth-order valence-corrected chi connectivity index (χ4v) is 2.46. The Morgan fingerprint density at radius 2 is 1.96 bits per heavy atom. The number of hydrogen-bond donors (Lipinski definition) is 1. The van der Waals surface area contributed by atoms with Crippen molar-refractivity contribution < 1.29 is 22.7 Å². The van der Waals surface area contributed by atoms with Crippen LogP contribution in [0.4, 0.5) is 13.2 Å². The maximum Gasteiger partial charge on any atom is 0.434 e. The molecule has 2 heterocycles. The summed E-state index contributed by atoms with van der Waals surface area (Å²) in [6.07, 6.45) is -3.93. The Kier molecular flexibility index (Phi) is 6.72. The Bertz CT molecular complexity index is 757. The van der Waals surface area contributed by atoms with Crippen molar-refractivity contribution in [2.75, 3.05) is 33.3 Å². The third-order valence-electron chi connectivity index (χ3n) is 3.94. The van der Waals surface area contributed by atoms with Gasteiger partial charge in [-0.1, -0.05) is 13.8 Å². The second kappa shape index (κ2) is 8.80. The third-order valence-corrected chi connectivity index (χ3v) is 3.94. The molecule has 0 spiro atoms. The summed E-state index contributed by atoms with van der Waals surface area (Å²) in [5.74, 6) is -0.874. The zero-order valence-corrected chi connectivity index (χ0v) is 15.2. The smallest absolute Gasteiger partial charge is 0.434 e. The monoisotopic (exact) mass is 386 g/mol. The minimum Gasteiger partial charge on any atom is -0.480 e. The van der Waals surface area contributed by atoms with Gasteiger partial charge in [0.15, 0.2) is 11.5 Å². The molecule has 0 aromatic carbocycles. The summed E-state index contributed by atoms with van der Waals surface area (Å²) in [5, 5.41) is 13.5. The van der Waals surface area contributed by atoms with Crippen molar-refractivity contribution in [3.05, 3.63) is 29.6 Å². The lowest BCUT2D eigenvalue weighted by Crippen LogP contribution is -2.35. The third kappa shape index (κ3) is 4.94. The van der Waals surface area contributed by atoms with Gasteiger partial charge in [0.25, 0.3) is 5.91 Å². The largest absolute Gasteiger partial charge is 0.480 e. The predicted octanol–water partition coefficient (Wildman–Crippen LogP) is 1.76. The van der Waals surface area contributed by atoms with Gasteiger partial charge in [-0.05, 0) is 19.2 Å². The standard InChI is InChI=1S/C16H21F3N6O2/c1-4-24(5-2)9-8-20-15(26)11-10-21-25(14(11)16(17,18)19)12-6-7-13(27-3)23-22-12/h6-7,10H,4-5,8-9H2,1-3H3,(H,20,26). The minimum absolute atomic E-state index is 0.147. The molecule has 2 aromatic heterocycles. The molecule has 0 saturated carbocycles. The van der Waals surface area contributed by atoms with Crippen LogP contribution in [0.5, 0.6) is 5.88 Å². The Hall–Kier alpha value is -2.69. The highest BCUT2D eigenvalue weighted by atomic mass is 19.4. The highest BCUT2D eigenvalue weighted by molar-refractivity contribution is 5.95. The van der Waals surface area contributed by atoms with Gasteiger partial charge in [-0.3, -0.25) is 4.79 Å². The van der Waals surface area contributed by atoms with E-state index in [0.29, 0.717) is 11.2 Å². The molecule has 0 aliphatic heterocycles. The van der Waals surface area contributed by atoms with E-state index in [-0.39, 0.29) is 18.2 Å². The van der Waals surface area contributed by atoms with Crippen LogP contribution in [0.2, 0.25) is 0 Å². The molecule has 2 rings (SSSR count). The first-order valence-corrected chi connectivity index (χ1v) is 8.35. The van der Waals surface area contributed by atoms with Gasteiger partial charge in [0.05, 0.1) is 18.9 Å². The molecule has 0 bridgehead atoms. The maximum atomic E-state index is 13.6. The average Bonchev–Trinajstić information content (AvgIpc) is 3.11. The number of nitrogens with zero attached hydrogens (tertiary/aromatic N) is 5. The zero-order valence-electron chi connectivity index (χ0n) is 15.2. The normalized spacial score (nSPS) is 11.7. The van der Waals surface area contributed by atoms with Crippen LogP contribution < -0.4 is 10.1 Å². The van der Waals surface area contributed by atoms with E-state index < -0.39 is 23.3 Å². The van der Waals surface area contributed by atoms with Crippen LogP contribution >= 0.6 is 0 Å². The average molecular weight is 386 g/mol. The van der Waals surface area contributed by atoms with E-state index >= 15 is 0 Å². The van der Waals surface area contributed by atoms with Crippen molar-refractivity contribution in [3.63, 3.8) is 0 Å². The summed E-state index contributed by atoms with van der Waals surface area (Å²) in [4.78, 5) is 14.3. The minimum atomic E-state index is -4.80. The molecule has 148 valence electrons. The van der Waals surface area contributed by atoms with Crippen molar-refractivity contribution in [3.8, 4) is 11.7 Å². The second-order valence-corrected chi connectivity index (χ2v) is 5.53. The van der Waals surface area contributed by atoms with Crippen molar-refractivity contribution in [2.24, 2.45) is 0 Å². The molecule has 0 unspecified atom stereocenters. The van der Waals surface area contributed by atoms with Gasteiger partial charge in [-0.15, -0.1) is 10.2 Å². The van der Waals surface area contributed by atoms with E-state index in [1.54, 1.807) is 0 Å². The first kappa shape index (κ1) is 20.6. The summed E-state index contributed by atoms with van der Waals surface area (Å²) in [6.45, 7) is 6.27. The van der Waals surface area contributed by atoms with Crippen molar-refractivity contribution >= 4 is 5.91 Å². The molecule has 1 amide bonds. The number of halogens is 3. The molecule has 8 nitrogen and oxygen atoms in total. The van der Waals surface area contributed by atoms with Crippen LogP contribution in [0.15, 0.2) is 18.3 Å². The van der Waals surface area contributed by atoms with E-state index in [0.717, 1.165) is 19.3 Å². The number of carbonyl (C=O) groups excluding carboxylic acids is 1. The molecule has 27 heavy (non-hydrogen) atoms. The lowest BCUT2D eigenvalue weighted by Gasteiger charge is -2.18. The molecule has 0 aliphatic rings. The number of likely N-dealkylation sites (N-methyl/N-ethyl adjacent to an activating group) is 1. The van der Waals surface area contributed by atoms with Crippen LogP contribution in [-0.2, 0) is 6.18 Å². The molecule has 1 N–H and O–H groups in total. The van der Waals surface area contributed by atoms with E-state index in [1.165, 1.54) is 19.2 Å². The van der Waals surface area contributed by atoms with Crippen molar-refractivity contribution in [1.82, 2.24) is 30.2 Å². The quantitative estimate of drug-likeness (QED) is 0.744. The van der Waals surface area contributed by atoms with Gasteiger partial charge < -0.3 is 15.0 Å².